The van der Waals surface area contributed by atoms with Gasteiger partial charge in [0.1, 0.15) is 0 Å². The highest BCUT2D eigenvalue weighted by Gasteiger charge is 2.22. The number of hydrogen-bond acceptors (Lipinski definition) is 4. The van der Waals surface area contributed by atoms with E-state index in [1.165, 1.54) is 24.1 Å². The zero-order valence-corrected chi connectivity index (χ0v) is 12.3. The van der Waals surface area contributed by atoms with Crippen LogP contribution in [0.1, 0.15) is 23.2 Å². The molecule has 0 bridgehead atoms. The standard InChI is InChI=1S/C15H20N2O4/c1-16(10-14(19)17-7-3-4-8-17)15(20)11-5-6-13(21-2)12(18)9-11/h5-6,9,18H,3-4,7-8,10H2,1-2H3. The molecule has 1 fully saturated rings. The summed E-state index contributed by atoms with van der Waals surface area (Å²) in [5.41, 5.74) is 0.324. The van der Waals surface area contributed by atoms with Gasteiger partial charge in [-0.2, -0.15) is 0 Å². The van der Waals surface area contributed by atoms with Crippen molar-refractivity contribution in [1.82, 2.24) is 9.80 Å². The Hall–Kier alpha value is -2.24. The molecule has 0 saturated carbocycles. The average molecular weight is 292 g/mol. The van der Waals surface area contributed by atoms with Crippen LogP contribution in [0.25, 0.3) is 0 Å². The Bertz CT molecular complexity index is 538. The van der Waals surface area contributed by atoms with Crippen molar-refractivity contribution in [2.45, 2.75) is 12.8 Å². The molecule has 0 atom stereocenters. The number of benzene rings is 1. The fourth-order valence-electron chi connectivity index (χ4n) is 2.38. The van der Waals surface area contributed by atoms with Gasteiger partial charge in [0.15, 0.2) is 11.5 Å². The van der Waals surface area contributed by atoms with Gasteiger partial charge in [-0.25, -0.2) is 0 Å². The number of likely N-dealkylation sites (N-methyl/N-ethyl adjacent to an activating group) is 1. The third-order valence-corrected chi connectivity index (χ3v) is 3.60. The molecule has 2 rings (SSSR count). The summed E-state index contributed by atoms with van der Waals surface area (Å²) in [7, 11) is 3.02. The van der Waals surface area contributed by atoms with Crippen molar-refractivity contribution >= 4 is 11.8 Å². The second-order valence-corrected chi connectivity index (χ2v) is 5.14. The molecule has 1 aliphatic rings. The van der Waals surface area contributed by atoms with E-state index >= 15 is 0 Å². The highest BCUT2D eigenvalue weighted by Crippen LogP contribution is 2.26. The first-order chi connectivity index (χ1) is 10.0. The summed E-state index contributed by atoms with van der Waals surface area (Å²) >= 11 is 0. The number of nitrogens with zero attached hydrogens (tertiary/aromatic N) is 2. The van der Waals surface area contributed by atoms with Crippen LogP contribution in [0.15, 0.2) is 18.2 Å². The smallest absolute Gasteiger partial charge is 0.254 e. The maximum atomic E-state index is 12.3. The van der Waals surface area contributed by atoms with Crippen LogP contribution in [0.3, 0.4) is 0 Å². The van der Waals surface area contributed by atoms with Crippen molar-refractivity contribution < 1.29 is 19.4 Å². The fraction of sp³-hybridized carbons (Fsp3) is 0.467. The Morgan fingerprint density at radius 3 is 2.57 bits per heavy atom. The van der Waals surface area contributed by atoms with Crippen LogP contribution in [0.2, 0.25) is 0 Å². The van der Waals surface area contributed by atoms with Crippen molar-refractivity contribution in [1.29, 1.82) is 0 Å². The van der Waals surface area contributed by atoms with Crippen molar-refractivity contribution in [3.8, 4) is 11.5 Å². The molecular formula is C15H20N2O4. The summed E-state index contributed by atoms with van der Waals surface area (Å²) < 4.78 is 4.94. The minimum atomic E-state index is -0.305. The minimum Gasteiger partial charge on any atom is -0.504 e. The number of ether oxygens (including phenoxy) is 1. The molecule has 114 valence electrons. The molecule has 1 heterocycles. The molecule has 6 heteroatoms. The number of rotatable bonds is 4. The number of amides is 2. The quantitative estimate of drug-likeness (QED) is 0.902. The van der Waals surface area contributed by atoms with Gasteiger partial charge in [0, 0.05) is 25.7 Å². The molecule has 0 unspecified atom stereocenters. The van der Waals surface area contributed by atoms with Crippen LogP contribution >= 0.6 is 0 Å². The second kappa shape index (κ2) is 6.47. The lowest BCUT2D eigenvalue weighted by Crippen LogP contribution is -2.39. The number of carbonyl (C=O) groups is 2. The zero-order valence-electron chi connectivity index (χ0n) is 12.3. The first-order valence-electron chi connectivity index (χ1n) is 6.93. The van der Waals surface area contributed by atoms with Crippen LogP contribution < -0.4 is 4.74 Å². The molecule has 2 amide bonds. The highest BCUT2D eigenvalue weighted by molar-refractivity contribution is 5.96. The van der Waals surface area contributed by atoms with Gasteiger partial charge in [-0.1, -0.05) is 0 Å². The largest absolute Gasteiger partial charge is 0.504 e. The third-order valence-electron chi connectivity index (χ3n) is 3.60. The molecular weight excluding hydrogens is 272 g/mol. The third kappa shape index (κ3) is 3.45. The van der Waals surface area contributed by atoms with Gasteiger partial charge in [-0.15, -0.1) is 0 Å². The maximum absolute atomic E-state index is 12.3. The van der Waals surface area contributed by atoms with Crippen LogP contribution in [0.5, 0.6) is 11.5 Å². The molecule has 6 nitrogen and oxygen atoms in total. The lowest BCUT2D eigenvalue weighted by atomic mass is 10.1. The molecule has 0 radical (unpaired) electrons. The van der Waals surface area contributed by atoms with Gasteiger partial charge in [0.25, 0.3) is 5.91 Å². The van der Waals surface area contributed by atoms with E-state index in [-0.39, 0.29) is 24.1 Å². The topological polar surface area (TPSA) is 70.1 Å². The number of carbonyl (C=O) groups excluding carboxylic acids is 2. The second-order valence-electron chi connectivity index (χ2n) is 5.14. The minimum absolute atomic E-state index is 0.0407. The molecule has 1 N–H and O–H groups in total. The molecule has 1 saturated heterocycles. The summed E-state index contributed by atoms with van der Waals surface area (Å²) in [4.78, 5) is 27.4. The van der Waals surface area contributed by atoms with E-state index in [9.17, 15) is 14.7 Å². The van der Waals surface area contributed by atoms with Crippen molar-refractivity contribution in [3.63, 3.8) is 0 Å². The van der Waals surface area contributed by atoms with E-state index in [4.69, 9.17) is 4.74 Å². The summed E-state index contributed by atoms with van der Waals surface area (Å²) in [6.07, 6.45) is 2.05. The lowest BCUT2D eigenvalue weighted by molar-refractivity contribution is -0.130. The van der Waals surface area contributed by atoms with Crippen LogP contribution in [-0.2, 0) is 4.79 Å². The number of methoxy groups -OCH3 is 1. The number of aromatic hydroxyl groups is 1. The van der Waals surface area contributed by atoms with E-state index in [2.05, 4.69) is 0 Å². The fourth-order valence-corrected chi connectivity index (χ4v) is 2.38. The number of phenols is 1. The van der Waals surface area contributed by atoms with E-state index in [1.807, 2.05) is 0 Å². The van der Waals surface area contributed by atoms with Gasteiger partial charge in [0.2, 0.25) is 5.91 Å². The summed E-state index contributed by atoms with van der Waals surface area (Å²) in [6, 6.07) is 4.44. The maximum Gasteiger partial charge on any atom is 0.254 e. The van der Waals surface area contributed by atoms with Crippen LogP contribution in [-0.4, -0.2) is 60.5 Å². The summed E-state index contributed by atoms with van der Waals surface area (Å²) in [5, 5.41) is 9.71. The molecule has 0 aromatic heterocycles. The Morgan fingerprint density at radius 2 is 2.00 bits per heavy atom. The van der Waals surface area contributed by atoms with Gasteiger partial charge in [-0.3, -0.25) is 9.59 Å². The molecule has 1 aromatic carbocycles. The molecule has 0 spiro atoms. The SMILES string of the molecule is COc1ccc(C(=O)N(C)CC(=O)N2CCCC2)cc1O. The van der Waals surface area contributed by atoms with Crippen molar-refractivity contribution in [3.05, 3.63) is 23.8 Å². The van der Waals surface area contributed by atoms with Gasteiger partial charge in [-0.05, 0) is 31.0 Å². The Morgan fingerprint density at radius 1 is 1.33 bits per heavy atom. The number of likely N-dealkylation sites (tertiary alicyclic amines) is 1. The predicted molar refractivity (Wildman–Crippen MR) is 77.4 cm³/mol. The van der Waals surface area contributed by atoms with Crippen LogP contribution in [0, 0.1) is 0 Å². The first-order valence-corrected chi connectivity index (χ1v) is 6.93. The number of phenolic OH excluding ortho intramolecular Hbond substituents is 1. The van der Waals surface area contributed by atoms with E-state index in [1.54, 1.807) is 18.0 Å². The molecule has 0 aliphatic carbocycles. The first kappa shape index (κ1) is 15.2. The normalized spacial score (nSPS) is 14.1. The monoisotopic (exact) mass is 292 g/mol. The van der Waals surface area contributed by atoms with E-state index in [0.717, 1.165) is 25.9 Å². The lowest BCUT2D eigenvalue weighted by Gasteiger charge is -2.21. The predicted octanol–water partition coefficient (Wildman–Crippen LogP) is 1.10. The van der Waals surface area contributed by atoms with Crippen molar-refractivity contribution in [2.24, 2.45) is 0 Å². The van der Waals surface area contributed by atoms with E-state index in [0.29, 0.717) is 11.3 Å². The Kier molecular flexibility index (Phi) is 4.67. The molecule has 1 aromatic rings. The van der Waals surface area contributed by atoms with Crippen molar-refractivity contribution in [2.75, 3.05) is 33.8 Å². The molecule has 1 aliphatic heterocycles. The van der Waals surface area contributed by atoms with Gasteiger partial charge < -0.3 is 19.6 Å². The Balaban J connectivity index is 2.01. The number of hydrogen-bond donors (Lipinski definition) is 1. The zero-order chi connectivity index (χ0) is 15.4. The summed E-state index contributed by atoms with van der Waals surface area (Å²) in [6.45, 7) is 1.58. The summed E-state index contributed by atoms with van der Waals surface area (Å²) in [5.74, 6) is -0.133. The molecule has 21 heavy (non-hydrogen) atoms. The highest BCUT2D eigenvalue weighted by atomic mass is 16.5. The van der Waals surface area contributed by atoms with Gasteiger partial charge >= 0.3 is 0 Å². The Labute approximate surface area is 123 Å². The van der Waals surface area contributed by atoms with Gasteiger partial charge in [0.05, 0.1) is 13.7 Å². The van der Waals surface area contributed by atoms with Crippen LogP contribution in [0.4, 0.5) is 0 Å². The average Bonchev–Trinajstić information content (AvgIpc) is 3.00. The van der Waals surface area contributed by atoms with E-state index < -0.39 is 0 Å².